The number of aliphatic hydroxyl groups excluding tert-OH is 1. The molecule has 0 unspecified atom stereocenters. The average Bonchev–Trinajstić information content (AvgIpc) is 2.66. The van der Waals surface area contributed by atoms with E-state index in [1.807, 2.05) is 24.3 Å². The van der Waals surface area contributed by atoms with Crippen molar-refractivity contribution >= 4 is 17.3 Å². The summed E-state index contributed by atoms with van der Waals surface area (Å²) in [5, 5.41) is 10.3. The van der Waals surface area contributed by atoms with E-state index in [-0.39, 0.29) is 6.61 Å². The Labute approximate surface area is 166 Å². The van der Waals surface area contributed by atoms with Gasteiger partial charge in [0.1, 0.15) is 0 Å². The number of alkyl halides is 3. The molecule has 3 N–H and O–H groups in total. The first-order valence-corrected chi connectivity index (χ1v) is 9.21. The number of hydrazine groups is 1. The van der Waals surface area contributed by atoms with Crippen molar-refractivity contribution in [2.24, 2.45) is 0 Å². The summed E-state index contributed by atoms with van der Waals surface area (Å²) in [6, 6.07) is 12.4. The first-order valence-electron chi connectivity index (χ1n) is 8.83. The number of anilines is 1. The zero-order chi connectivity index (χ0) is 20.1. The quantitative estimate of drug-likeness (QED) is 0.615. The summed E-state index contributed by atoms with van der Waals surface area (Å²) in [6.07, 6.45) is -3.66. The van der Waals surface area contributed by atoms with Crippen molar-refractivity contribution in [2.75, 3.05) is 25.1 Å². The van der Waals surface area contributed by atoms with Crippen LogP contribution in [0.1, 0.15) is 17.5 Å². The molecule has 3 rings (SSSR count). The zero-order valence-corrected chi connectivity index (χ0v) is 15.8. The summed E-state index contributed by atoms with van der Waals surface area (Å²) >= 11 is 6.04. The Hall–Kier alpha value is -2.22. The molecule has 0 saturated heterocycles. The standard InChI is InChI=1S/C20H21ClF3N3O/c21-17-3-1-2-14(10-17)11-27-9-8-15(13-28)19(12-27)26-25-18-6-4-16(5-7-18)20(22,23)24/h1-7,10,25-26,28H,8-9,11-13H2. The van der Waals surface area contributed by atoms with Crippen LogP contribution in [0.3, 0.4) is 0 Å². The number of benzene rings is 2. The Kier molecular flexibility index (Phi) is 6.49. The normalized spacial score (nSPS) is 15.6. The van der Waals surface area contributed by atoms with Gasteiger partial charge in [-0.15, -0.1) is 0 Å². The van der Waals surface area contributed by atoms with Crippen LogP contribution in [-0.4, -0.2) is 29.7 Å². The number of hydrogen-bond acceptors (Lipinski definition) is 4. The first kappa shape index (κ1) is 20.5. The predicted octanol–water partition coefficient (Wildman–Crippen LogP) is 4.43. The van der Waals surface area contributed by atoms with Gasteiger partial charge >= 0.3 is 6.18 Å². The van der Waals surface area contributed by atoms with E-state index < -0.39 is 11.7 Å². The zero-order valence-electron chi connectivity index (χ0n) is 15.1. The second-order valence-corrected chi connectivity index (χ2v) is 7.09. The van der Waals surface area contributed by atoms with Crippen molar-refractivity contribution in [3.8, 4) is 0 Å². The van der Waals surface area contributed by atoms with Crippen molar-refractivity contribution in [3.63, 3.8) is 0 Å². The molecular weight excluding hydrogens is 391 g/mol. The lowest BCUT2D eigenvalue weighted by Gasteiger charge is -2.31. The van der Waals surface area contributed by atoms with Crippen LogP contribution in [0.15, 0.2) is 59.8 Å². The largest absolute Gasteiger partial charge is 0.416 e. The molecular formula is C20H21ClF3N3O. The minimum atomic E-state index is -4.36. The van der Waals surface area contributed by atoms with Gasteiger partial charge in [-0.1, -0.05) is 23.7 Å². The van der Waals surface area contributed by atoms with E-state index in [4.69, 9.17) is 11.6 Å². The summed E-state index contributed by atoms with van der Waals surface area (Å²) in [5.74, 6) is 0. The van der Waals surface area contributed by atoms with Gasteiger partial charge < -0.3 is 16.0 Å². The maximum absolute atomic E-state index is 12.7. The van der Waals surface area contributed by atoms with E-state index in [0.29, 0.717) is 30.2 Å². The Bertz CT molecular complexity index is 837. The van der Waals surface area contributed by atoms with E-state index in [2.05, 4.69) is 15.8 Å². The molecule has 0 saturated carbocycles. The van der Waals surface area contributed by atoms with E-state index in [0.717, 1.165) is 35.5 Å². The van der Waals surface area contributed by atoms with Gasteiger partial charge in [0.2, 0.25) is 0 Å². The molecule has 0 fully saturated rings. The highest BCUT2D eigenvalue weighted by Crippen LogP contribution is 2.29. The van der Waals surface area contributed by atoms with Gasteiger partial charge in [-0.25, -0.2) is 0 Å². The highest BCUT2D eigenvalue weighted by atomic mass is 35.5. The molecule has 1 heterocycles. The SMILES string of the molecule is OCC1=C(NNc2ccc(C(F)(F)F)cc2)CN(Cc2cccc(Cl)c2)CC1. The van der Waals surface area contributed by atoms with Gasteiger partial charge in [0, 0.05) is 30.4 Å². The third-order valence-electron chi connectivity index (χ3n) is 4.59. The van der Waals surface area contributed by atoms with Crippen molar-refractivity contribution in [1.29, 1.82) is 0 Å². The van der Waals surface area contributed by atoms with E-state index in [9.17, 15) is 18.3 Å². The van der Waals surface area contributed by atoms with Crippen LogP contribution in [-0.2, 0) is 12.7 Å². The minimum absolute atomic E-state index is 0.0674. The third kappa shape index (κ3) is 5.41. The molecule has 0 atom stereocenters. The molecule has 1 aliphatic rings. The summed E-state index contributed by atoms with van der Waals surface area (Å²) in [6.45, 7) is 2.02. The van der Waals surface area contributed by atoms with Crippen LogP contribution in [0.4, 0.5) is 18.9 Å². The Morgan fingerprint density at radius 2 is 1.82 bits per heavy atom. The number of nitrogens with one attached hydrogen (secondary N) is 2. The monoisotopic (exact) mass is 411 g/mol. The summed E-state index contributed by atoms with van der Waals surface area (Å²) in [4.78, 5) is 2.21. The number of halogens is 4. The molecule has 28 heavy (non-hydrogen) atoms. The predicted molar refractivity (Wildman–Crippen MR) is 104 cm³/mol. The van der Waals surface area contributed by atoms with Gasteiger partial charge in [0.05, 0.1) is 17.9 Å². The van der Waals surface area contributed by atoms with Crippen LogP contribution in [0.25, 0.3) is 0 Å². The number of aliphatic hydroxyl groups is 1. The topological polar surface area (TPSA) is 47.5 Å². The number of nitrogens with zero attached hydrogens (tertiary/aromatic N) is 1. The average molecular weight is 412 g/mol. The Morgan fingerprint density at radius 1 is 1.07 bits per heavy atom. The van der Waals surface area contributed by atoms with Gasteiger partial charge in [0.25, 0.3) is 0 Å². The molecule has 4 nitrogen and oxygen atoms in total. The van der Waals surface area contributed by atoms with Gasteiger partial charge in [-0.05, 0) is 54.0 Å². The molecule has 1 aliphatic heterocycles. The Balaban J connectivity index is 1.63. The van der Waals surface area contributed by atoms with E-state index >= 15 is 0 Å². The fourth-order valence-electron chi connectivity index (χ4n) is 3.08. The third-order valence-corrected chi connectivity index (χ3v) is 4.83. The Morgan fingerprint density at radius 3 is 2.46 bits per heavy atom. The molecule has 8 heteroatoms. The molecule has 0 aromatic heterocycles. The summed E-state index contributed by atoms with van der Waals surface area (Å²) in [7, 11) is 0. The molecule has 150 valence electrons. The lowest BCUT2D eigenvalue weighted by molar-refractivity contribution is -0.137. The highest BCUT2D eigenvalue weighted by Gasteiger charge is 2.30. The maximum Gasteiger partial charge on any atom is 0.416 e. The molecule has 0 amide bonds. The molecule has 2 aromatic rings. The van der Waals surface area contributed by atoms with E-state index in [1.54, 1.807) is 0 Å². The van der Waals surface area contributed by atoms with Crippen molar-refractivity contribution in [2.45, 2.75) is 19.1 Å². The molecule has 0 aliphatic carbocycles. The van der Waals surface area contributed by atoms with Gasteiger partial charge in [-0.3, -0.25) is 4.90 Å². The molecule has 0 spiro atoms. The minimum Gasteiger partial charge on any atom is -0.392 e. The van der Waals surface area contributed by atoms with Crippen LogP contribution < -0.4 is 10.9 Å². The number of hydrogen-bond donors (Lipinski definition) is 3. The van der Waals surface area contributed by atoms with Crippen LogP contribution in [0.5, 0.6) is 0 Å². The lowest BCUT2D eigenvalue weighted by Crippen LogP contribution is -2.38. The molecule has 0 radical (unpaired) electrons. The summed E-state index contributed by atoms with van der Waals surface area (Å²) in [5.41, 5.74) is 8.56. The lowest BCUT2D eigenvalue weighted by atomic mass is 10.1. The highest BCUT2D eigenvalue weighted by molar-refractivity contribution is 6.30. The van der Waals surface area contributed by atoms with Crippen molar-refractivity contribution in [1.82, 2.24) is 10.3 Å². The molecule has 2 aromatic carbocycles. The second-order valence-electron chi connectivity index (χ2n) is 6.66. The second kappa shape index (κ2) is 8.86. The van der Waals surface area contributed by atoms with Crippen LogP contribution >= 0.6 is 11.6 Å². The van der Waals surface area contributed by atoms with Gasteiger partial charge in [0.15, 0.2) is 0 Å². The summed E-state index contributed by atoms with van der Waals surface area (Å²) < 4.78 is 38.0. The van der Waals surface area contributed by atoms with Crippen LogP contribution in [0, 0.1) is 0 Å². The fraction of sp³-hybridized carbons (Fsp3) is 0.300. The maximum atomic E-state index is 12.7. The van der Waals surface area contributed by atoms with Gasteiger partial charge in [-0.2, -0.15) is 13.2 Å². The van der Waals surface area contributed by atoms with Crippen LogP contribution in [0.2, 0.25) is 5.02 Å². The first-order chi connectivity index (χ1) is 13.3. The number of rotatable bonds is 6. The fourth-order valence-corrected chi connectivity index (χ4v) is 3.29. The molecule has 0 bridgehead atoms. The smallest absolute Gasteiger partial charge is 0.392 e. The van der Waals surface area contributed by atoms with E-state index in [1.165, 1.54) is 12.1 Å². The van der Waals surface area contributed by atoms with Crippen molar-refractivity contribution < 1.29 is 18.3 Å². The van der Waals surface area contributed by atoms with Crippen molar-refractivity contribution in [3.05, 3.63) is 76.0 Å².